The van der Waals surface area contributed by atoms with Gasteiger partial charge >= 0.3 is 5.97 Å². The monoisotopic (exact) mass is 462 g/mol. The molecule has 3 aromatic heterocycles. The number of methoxy groups -OCH3 is 1. The Hall–Kier alpha value is -2.97. The number of esters is 1. The number of hydrogen-bond donors (Lipinski definition) is 0. The number of carbonyl (C=O) groups is 1. The van der Waals surface area contributed by atoms with Gasteiger partial charge in [0.25, 0.3) is 0 Å². The van der Waals surface area contributed by atoms with Gasteiger partial charge in [-0.1, -0.05) is 12.1 Å². The Morgan fingerprint density at radius 3 is 2.79 bits per heavy atom. The number of rotatable bonds is 6. The summed E-state index contributed by atoms with van der Waals surface area (Å²) in [6.45, 7) is 4.58. The van der Waals surface area contributed by atoms with E-state index < -0.39 is 0 Å². The minimum absolute atomic E-state index is 0.200. The van der Waals surface area contributed by atoms with Gasteiger partial charge in [0.2, 0.25) is 0 Å². The van der Waals surface area contributed by atoms with Gasteiger partial charge in [-0.05, 0) is 57.1 Å². The van der Waals surface area contributed by atoms with Crippen LogP contribution in [-0.4, -0.2) is 77.5 Å². The zero-order valence-corrected chi connectivity index (χ0v) is 20.4. The van der Waals surface area contributed by atoms with Gasteiger partial charge < -0.3 is 14.5 Å². The number of anilines is 1. The first-order chi connectivity index (χ1) is 16.5. The number of ether oxygens (including phenoxy) is 1. The van der Waals surface area contributed by atoms with Crippen LogP contribution in [0.4, 0.5) is 5.82 Å². The summed E-state index contributed by atoms with van der Waals surface area (Å²) in [6.07, 6.45) is 5.41. The molecular weight excluding hydrogens is 428 g/mol. The fourth-order valence-electron chi connectivity index (χ4n) is 5.34. The maximum Gasteiger partial charge on any atom is 0.311 e. The maximum absolute atomic E-state index is 12.4. The van der Waals surface area contributed by atoms with Gasteiger partial charge in [0.15, 0.2) is 0 Å². The molecule has 180 valence electrons. The smallest absolute Gasteiger partial charge is 0.311 e. The number of likely N-dealkylation sites (N-methyl/N-ethyl adjacent to an activating group) is 1. The van der Waals surface area contributed by atoms with Crippen molar-refractivity contribution in [1.29, 1.82) is 0 Å². The summed E-state index contributed by atoms with van der Waals surface area (Å²) in [5, 5.41) is 0. The Labute approximate surface area is 201 Å². The predicted molar refractivity (Wildman–Crippen MR) is 132 cm³/mol. The molecule has 1 atom stereocenters. The quantitative estimate of drug-likeness (QED) is 0.522. The first-order valence-corrected chi connectivity index (χ1v) is 12.2. The van der Waals surface area contributed by atoms with Crippen molar-refractivity contribution in [3.63, 3.8) is 0 Å². The zero-order valence-electron chi connectivity index (χ0n) is 20.4. The van der Waals surface area contributed by atoms with Crippen molar-refractivity contribution in [3.8, 4) is 0 Å². The van der Waals surface area contributed by atoms with E-state index in [0.29, 0.717) is 6.54 Å². The lowest BCUT2D eigenvalue weighted by Gasteiger charge is -2.34. The van der Waals surface area contributed by atoms with Crippen LogP contribution in [0.1, 0.15) is 41.5 Å². The minimum Gasteiger partial charge on any atom is -0.469 e. The van der Waals surface area contributed by atoms with Gasteiger partial charge in [0.1, 0.15) is 11.5 Å². The lowest BCUT2D eigenvalue weighted by molar-refractivity contribution is -0.139. The first-order valence-electron chi connectivity index (χ1n) is 12.2. The van der Waals surface area contributed by atoms with E-state index in [-0.39, 0.29) is 18.4 Å². The molecule has 0 bridgehead atoms. The van der Waals surface area contributed by atoms with E-state index in [1.807, 2.05) is 18.3 Å². The highest BCUT2D eigenvalue weighted by Gasteiger charge is 2.28. The van der Waals surface area contributed by atoms with Crippen LogP contribution in [0.25, 0.3) is 5.65 Å². The fraction of sp³-hybridized carbons (Fsp3) is 0.500. The molecule has 8 nitrogen and oxygen atoms in total. The molecule has 1 fully saturated rings. The van der Waals surface area contributed by atoms with Crippen LogP contribution in [0.15, 0.2) is 36.5 Å². The number of aromatic nitrogens is 3. The second-order valence-corrected chi connectivity index (χ2v) is 9.50. The van der Waals surface area contributed by atoms with Gasteiger partial charge in [-0.15, -0.1) is 0 Å². The van der Waals surface area contributed by atoms with Crippen LogP contribution in [0.2, 0.25) is 0 Å². The number of carbonyl (C=O) groups excluding carboxylic acids is 1. The zero-order chi connectivity index (χ0) is 23.7. The Kier molecular flexibility index (Phi) is 6.52. The minimum atomic E-state index is -0.247. The van der Waals surface area contributed by atoms with Crippen molar-refractivity contribution in [1.82, 2.24) is 24.2 Å². The summed E-state index contributed by atoms with van der Waals surface area (Å²) in [6, 6.07) is 10.7. The van der Waals surface area contributed by atoms with Crippen molar-refractivity contribution in [2.45, 2.75) is 38.3 Å². The van der Waals surface area contributed by atoms with Gasteiger partial charge in [0, 0.05) is 38.9 Å². The summed E-state index contributed by atoms with van der Waals surface area (Å²) in [7, 11) is 5.75. The Morgan fingerprint density at radius 1 is 1.18 bits per heavy atom. The first kappa shape index (κ1) is 22.8. The van der Waals surface area contributed by atoms with Gasteiger partial charge in [0.05, 0.1) is 36.7 Å². The van der Waals surface area contributed by atoms with Crippen LogP contribution < -0.4 is 4.90 Å². The van der Waals surface area contributed by atoms with Gasteiger partial charge in [-0.25, -0.2) is 4.98 Å². The molecule has 0 saturated carbocycles. The average molecular weight is 463 g/mol. The third kappa shape index (κ3) is 4.40. The number of hydrogen-bond acceptors (Lipinski definition) is 7. The topological polar surface area (TPSA) is 66.2 Å². The molecule has 1 saturated heterocycles. The molecule has 34 heavy (non-hydrogen) atoms. The molecule has 0 aromatic carbocycles. The van der Waals surface area contributed by atoms with E-state index >= 15 is 0 Å². The second kappa shape index (κ2) is 9.72. The fourth-order valence-corrected chi connectivity index (χ4v) is 5.34. The van der Waals surface area contributed by atoms with E-state index in [1.165, 1.54) is 18.4 Å². The molecular formula is C26H34N6O2. The normalized spacial score (nSPS) is 18.9. The number of piperazine rings is 1. The molecule has 4 heterocycles. The molecule has 0 spiro atoms. The summed E-state index contributed by atoms with van der Waals surface area (Å²) < 4.78 is 7.24. The van der Waals surface area contributed by atoms with E-state index in [0.717, 1.165) is 68.3 Å². The highest BCUT2D eigenvalue weighted by Crippen LogP contribution is 2.33. The van der Waals surface area contributed by atoms with Crippen molar-refractivity contribution in [3.05, 3.63) is 59.2 Å². The average Bonchev–Trinajstić information content (AvgIpc) is 3.20. The summed E-state index contributed by atoms with van der Waals surface area (Å²) >= 11 is 0. The highest BCUT2D eigenvalue weighted by molar-refractivity contribution is 5.73. The van der Waals surface area contributed by atoms with Crippen molar-refractivity contribution in [2.75, 3.05) is 52.3 Å². The summed E-state index contributed by atoms with van der Waals surface area (Å²) in [5.41, 5.74) is 5.24. The third-order valence-corrected chi connectivity index (χ3v) is 7.26. The molecule has 1 aliphatic heterocycles. The third-order valence-electron chi connectivity index (χ3n) is 7.26. The van der Waals surface area contributed by atoms with E-state index in [9.17, 15) is 4.79 Å². The SMILES string of the molecule is COC(=O)Cc1c(CN(C)[C@H]2CCCc3cccnc32)nc2cccc(N3CCN(C)CC3)n12. The molecule has 5 rings (SSSR count). The standard InChI is InChI=1S/C26H34N6O2/c1-29-13-15-31(16-14-29)24-11-5-10-23-28-20(22(32(23)24)17-25(33)34-3)18-30(2)21-9-4-7-19-8-6-12-27-26(19)21/h5-6,8,10-12,21H,4,7,9,13-18H2,1-3H3/t21-/m0/s1. The van der Waals surface area contributed by atoms with E-state index in [1.54, 1.807) is 0 Å². The number of imidazole rings is 1. The number of fused-ring (bicyclic) bond motifs is 2. The lowest BCUT2D eigenvalue weighted by atomic mass is 9.91. The maximum atomic E-state index is 12.4. The predicted octanol–water partition coefficient (Wildman–Crippen LogP) is 2.71. The van der Waals surface area contributed by atoms with Gasteiger partial charge in [-0.2, -0.15) is 0 Å². The number of pyridine rings is 2. The molecule has 8 heteroatoms. The van der Waals surface area contributed by atoms with Crippen LogP contribution >= 0.6 is 0 Å². The summed E-state index contributed by atoms with van der Waals surface area (Å²) in [5.74, 6) is 0.846. The molecule has 3 aromatic rings. The van der Waals surface area contributed by atoms with E-state index in [2.05, 4.69) is 51.4 Å². The molecule has 0 unspecified atom stereocenters. The van der Waals surface area contributed by atoms with Crippen LogP contribution in [-0.2, 0) is 28.9 Å². The number of nitrogens with zero attached hydrogens (tertiary/aromatic N) is 6. The van der Waals surface area contributed by atoms with Crippen molar-refractivity contribution < 1.29 is 9.53 Å². The Morgan fingerprint density at radius 2 is 2.00 bits per heavy atom. The molecule has 0 N–H and O–H groups in total. The van der Waals surface area contributed by atoms with Crippen LogP contribution in [0.5, 0.6) is 0 Å². The van der Waals surface area contributed by atoms with Crippen molar-refractivity contribution >= 4 is 17.4 Å². The Balaban J connectivity index is 1.51. The number of aryl methyl sites for hydroxylation is 1. The largest absolute Gasteiger partial charge is 0.469 e. The van der Waals surface area contributed by atoms with Gasteiger partial charge in [-0.3, -0.25) is 19.1 Å². The van der Waals surface area contributed by atoms with Crippen LogP contribution in [0.3, 0.4) is 0 Å². The molecule has 2 aliphatic rings. The molecule has 1 aliphatic carbocycles. The summed E-state index contributed by atoms with van der Waals surface area (Å²) in [4.78, 5) is 29.3. The van der Waals surface area contributed by atoms with Crippen molar-refractivity contribution in [2.24, 2.45) is 0 Å². The lowest BCUT2D eigenvalue weighted by Crippen LogP contribution is -2.45. The second-order valence-electron chi connectivity index (χ2n) is 9.50. The van der Waals surface area contributed by atoms with Crippen LogP contribution in [0, 0.1) is 0 Å². The Bertz CT molecular complexity index is 1170. The molecule has 0 radical (unpaired) electrons. The van der Waals surface area contributed by atoms with E-state index in [4.69, 9.17) is 14.7 Å². The highest BCUT2D eigenvalue weighted by atomic mass is 16.5. The molecule has 0 amide bonds.